The van der Waals surface area contributed by atoms with Crippen molar-refractivity contribution in [2.45, 2.75) is 113 Å². The first-order valence-electron chi connectivity index (χ1n) is 30.9. The van der Waals surface area contributed by atoms with Crippen LogP contribution in [0.4, 0.5) is 0 Å². The van der Waals surface area contributed by atoms with Gasteiger partial charge in [0.15, 0.2) is 0 Å². The molecule has 7 amide bonds. The number of hydrogen-bond acceptors (Lipinski definition) is 17. The van der Waals surface area contributed by atoms with Gasteiger partial charge in [-0.05, 0) is 67.5 Å². The lowest BCUT2D eigenvalue weighted by Crippen LogP contribution is -2.65. The number of piperazine rings is 1. The van der Waals surface area contributed by atoms with Crippen LogP contribution in [0, 0.1) is 0 Å². The van der Waals surface area contributed by atoms with E-state index in [2.05, 4.69) is 42.2 Å². The van der Waals surface area contributed by atoms with Crippen molar-refractivity contribution in [1.29, 1.82) is 0 Å². The topological polar surface area (TPSA) is 388 Å². The van der Waals surface area contributed by atoms with Crippen LogP contribution in [0.15, 0.2) is 85.1 Å². The molecule has 0 spiro atoms. The molecule has 3 aromatic carbocycles. The highest BCUT2D eigenvalue weighted by Crippen LogP contribution is 2.29. The van der Waals surface area contributed by atoms with Crippen molar-refractivity contribution in [3.63, 3.8) is 0 Å². The van der Waals surface area contributed by atoms with Crippen LogP contribution >= 0.6 is 0 Å². The molecule has 1 aromatic heterocycles. The number of unbranched alkanes of at least 4 members (excludes halogenated alkanes) is 1. The predicted molar refractivity (Wildman–Crippen MR) is 333 cm³/mol. The number of aliphatic carboxylic acids is 3. The number of likely N-dealkylation sites (N-methyl/N-ethyl adjacent to an activating group) is 1. The average molecular weight is 1270 g/mol. The summed E-state index contributed by atoms with van der Waals surface area (Å²) < 4.78 is 0. The summed E-state index contributed by atoms with van der Waals surface area (Å²) in [5.74, 6) is -9.73. The van der Waals surface area contributed by atoms with E-state index in [0.29, 0.717) is 42.9 Å². The second-order valence-electron chi connectivity index (χ2n) is 23.7. The third-order valence-corrected chi connectivity index (χ3v) is 17.0. The number of amides is 7. The van der Waals surface area contributed by atoms with Crippen molar-refractivity contribution in [3.05, 3.63) is 102 Å². The summed E-state index contributed by atoms with van der Waals surface area (Å²) in [6.45, 7) is 5.66. The van der Waals surface area contributed by atoms with Gasteiger partial charge >= 0.3 is 17.9 Å². The van der Waals surface area contributed by atoms with Gasteiger partial charge in [0.2, 0.25) is 41.4 Å². The second-order valence-corrected chi connectivity index (χ2v) is 23.7. The number of aromatic nitrogens is 1. The van der Waals surface area contributed by atoms with E-state index in [9.17, 15) is 54.3 Å². The quantitative estimate of drug-likeness (QED) is 0.0381. The van der Waals surface area contributed by atoms with Gasteiger partial charge in [0.1, 0.15) is 48.0 Å². The molecule has 4 aromatic rings. The summed E-state index contributed by atoms with van der Waals surface area (Å²) >= 11 is 0. The number of carbonyl (C=O) groups is 10. The normalized spacial score (nSPS) is 23.1. The Labute approximate surface area is 527 Å². The maximum Gasteiger partial charge on any atom is 0.320 e. The fourth-order valence-electron chi connectivity index (χ4n) is 11.8. The number of aliphatic hydroxyl groups is 1. The molecule has 9 atom stereocenters. The van der Waals surface area contributed by atoms with Crippen LogP contribution in [0.2, 0.25) is 0 Å². The molecule has 0 radical (unpaired) electrons. The minimum Gasteiger partial charge on any atom is -0.508 e. The van der Waals surface area contributed by atoms with Gasteiger partial charge in [-0.25, -0.2) is 0 Å². The van der Waals surface area contributed by atoms with Gasteiger partial charge in [-0.3, -0.25) is 67.5 Å². The molecule has 0 bridgehead atoms. The van der Waals surface area contributed by atoms with E-state index in [4.69, 9.17) is 0 Å². The number of hydrogen-bond donors (Lipinski definition) is 13. The van der Waals surface area contributed by atoms with Crippen molar-refractivity contribution in [3.8, 4) is 5.75 Å². The van der Waals surface area contributed by atoms with Gasteiger partial charge < -0.3 is 72.6 Å². The number of phenols is 1. The average Bonchev–Trinajstić information content (AvgIpc) is 1.78. The lowest BCUT2D eigenvalue weighted by Gasteiger charge is -2.35. The summed E-state index contributed by atoms with van der Waals surface area (Å²) in [6.07, 6.45) is -0.183. The fraction of sp³-hybridized carbons (Fsp3) is 0.524. The highest BCUT2D eigenvalue weighted by Gasteiger charge is 2.40. The number of nitrogens with zero attached hydrogens (tertiary/aromatic N) is 5. The molecule has 28 heteroatoms. The number of aromatic amines is 1. The molecular formula is C63H87N13O15. The third kappa shape index (κ3) is 20.7. The first-order chi connectivity index (χ1) is 43.5. The van der Waals surface area contributed by atoms with Crippen molar-refractivity contribution in [2.24, 2.45) is 0 Å². The molecule has 4 heterocycles. The van der Waals surface area contributed by atoms with Crippen molar-refractivity contribution >= 4 is 70.2 Å². The maximum atomic E-state index is 15.2. The number of nitrogens with one attached hydrogen (secondary N) is 8. The van der Waals surface area contributed by atoms with Gasteiger partial charge in [-0.15, -0.1) is 0 Å². The van der Waals surface area contributed by atoms with Crippen LogP contribution in [0.5, 0.6) is 5.75 Å². The van der Waals surface area contributed by atoms with E-state index >= 15 is 19.2 Å². The molecule has 28 nitrogen and oxygen atoms in total. The zero-order valence-electron chi connectivity index (χ0n) is 51.7. The smallest absolute Gasteiger partial charge is 0.320 e. The largest absolute Gasteiger partial charge is 0.508 e. The minimum absolute atomic E-state index is 0.0348. The van der Waals surface area contributed by atoms with E-state index < -0.39 is 114 Å². The number of para-hydroxylation sites is 1. The van der Waals surface area contributed by atoms with Crippen molar-refractivity contribution in [2.75, 3.05) is 98.7 Å². The van der Waals surface area contributed by atoms with Crippen LogP contribution in [0.3, 0.4) is 0 Å². The molecule has 3 aliphatic heterocycles. The number of fused-ring (bicyclic) bond motifs is 1. The Morgan fingerprint density at radius 2 is 1.18 bits per heavy atom. The Morgan fingerprint density at radius 1 is 0.615 bits per heavy atom. The van der Waals surface area contributed by atoms with Gasteiger partial charge in [-0.2, -0.15) is 0 Å². The predicted octanol–water partition coefficient (Wildman–Crippen LogP) is -1.38. The minimum atomic E-state index is -1.67. The number of H-pyrrole nitrogens is 1. The number of carboxylic acid groups (broad SMARTS) is 3. The number of carbonyl (C=O) groups excluding carboxylic acids is 7. The Hall–Kier alpha value is -8.54. The zero-order valence-corrected chi connectivity index (χ0v) is 51.7. The Morgan fingerprint density at radius 3 is 1.81 bits per heavy atom. The summed E-state index contributed by atoms with van der Waals surface area (Å²) in [4.78, 5) is 151. The molecule has 1 unspecified atom stereocenters. The molecule has 13 N–H and O–H groups in total. The standard InChI is InChI=1S/C63H87N13O15/c1-39(45-35-66-46-14-8-7-13-44(45)46)55-60(87)69-49(36-73-25-23-64-24-26-73)58(85)71-56(40(2)77)61(88)68-48(34-41-11-5-4-6-12-41)62(89)72(3)50(59(86)67-47(57(84)70-55)33-42-16-18-43(78)19-17-42)15-9-10-22-65-52(79)21-20-51(63(90)91)76-31-29-74(37-53(80)81)27-28-75(30-32-76)38-54(82)83/h4-8,11-14,16-19,35,39-40,47-51,55-56,64,66,77-78H,9-10,15,20-34,36-38H2,1-3H3,(H,65,79)(H,67,86)(H,68,88)(H,69,87)(H,70,84)(H,71,85)(H,80,81)(H,82,83)(H,90,91)/t39-,40+,47-,48-,49-,50-,51?,55+,56-/m0/s1. The van der Waals surface area contributed by atoms with Crippen LogP contribution in [-0.4, -0.2) is 261 Å². The fourth-order valence-corrected chi connectivity index (χ4v) is 11.8. The molecule has 0 aliphatic carbocycles. The number of rotatable bonds is 23. The summed E-state index contributed by atoms with van der Waals surface area (Å²) in [5.41, 5.74) is 2.47. The molecule has 3 saturated heterocycles. The lowest BCUT2D eigenvalue weighted by molar-refractivity contribution is -0.145. The number of phenolic OH excluding ortho intramolecular Hbond substituents is 1. The SMILES string of the molecule is C[C@@H](O)[C@@H]1NC(=O)[C@H](CN2CCNCC2)NC(=O)[C@@H]([C@@H](C)c2c[nH]c3ccccc23)NC(=O)[C@H](Cc2ccc(O)cc2)NC(=O)[C@H](CCCCNC(=O)CCC(C(=O)O)N2CCN(CC(=O)O)CCN(CC(=O)O)CC2)N(C)C(=O)[C@H](Cc2ccccc2)NC1=O. The van der Waals surface area contributed by atoms with Crippen LogP contribution in [-0.2, 0) is 60.8 Å². The van der Waals surface area contributed by atoms with Crippen molar-refractivity contribution in [1.82, 2.24) is 66.7 Å². The molecule has 3 fully saturated rings. The van der Waals surface area contributed by atoms with Crippen LogP contribution in [0.25, 0.3) is 10.9 Å². The van der Waals surface area contributed by atoms with E-state index in [1.165, 1.54) is 26.1 Å². The summed E-state index contributed by atoms with van der Waals surface area (Å²) in [5, 5.41) is 71.7. The van der Waals surface area contributed by atoms with Gasteiger partial charge in [-0.1, -0.05) is 67.6 Å². The summed E-state index contributed by atoms with van der Waals surface area (Å²) in [7, 11) is 1.36. The lowest BCUT2D eigenvalue weighted by atomic mass is 9.91. The highest BCUT2D eigenvalue weighted by atomic mass is 16.4. The first kappa shape index (κ1) is 69.9. The molecule has 91 heavy (non-hydrogen) atoms. The molecule has 3 aliphatic rings. The van der Waals surface area contributed by atoms with Crippen LogP contribution in [0.1, 0.15) is 68.6 Å². The van der Waals surface area contributed by atoms with Gasteiger partial charge in [0.05, 0.1) is 19.2 Å². The van der Waals surface area contributed by atoms with E-state index in [0.717, 1.165) is 15.8 Å². The number of aromatic hydroxyl groups is 1. The Balaban J connectivity index is 1.17. The highest BCUT2D eigenvalue weighted by molar-refractivity contribution is 5.99. The molecule has 7 rings (SSSR count). The van der Waals surface area contributed by atoms with Gasteiger partial charge in [0.25, 0.3) is 0 Å². The van der Waals surface area contributed by atoms with Gasteiger partial charge in [0, 0.05) is 128 Å². The van der Waals surface area contributed by atoms with E-state index in [-0.39, 0.29) is 116 Å². The van der Waals surface area contributed by atoms with E-state index in [1.807, 2.05) is 29.2 Å². The third-order valence-electron chi connectivity index (χ3n) is 17.0. The Bertz CT molecular complexity index is 3120. The first-order valence-corrected chi connectivity index (χ1v) is 30.9. The number of benzene rings is 3. The van der Waals surface area contributed by atoms with Crippen LogP contribution < -0.4 is 37.2 Å². The zero-order chi connectivity index (χ0) is 65.7. The number of carboxylic acids is 3. The molecular weight excluding hydrogens is 1180 g/mol. The van der Waals surface area contributed by atoms with E-state index in [1.54, 1.807) is 70.3 Å². The van der Waals surface area contributed by atoms with Crippen molar-refractivity contribution < 1.29 is 73.5 Å². The summed E-state index contributed by atoms with van der Waals surface area (Å²) in [6, 6.07) is 12.1. The Kier molecular flexibility index (Phi) is 26.2. The number of aliphatic hydroxyl groups excluding tert-OH is 1. The maximum absolute atomic E-state index is 15.2. The molecule has 0 saturated carbocycles. The molecule has 494 valence electrons. The second kappa shape index (κ2) is 34.0. The monoisotopic (exact) mass is 1270 g/mol.